The van der Waals surface area contributed by atoms with Gasteiger partial charge in [-0.2, -0.15) is 13.2 Å². The van der Waals surface area contributed by atoms with Crippen LogP contribution in [0.2, 0.25) is 0 Å². The zero-order chi connectivity index (χ0) is 40.1. The Morgan fingerprint density at radius 3 is 1.96 bits per heavy atom. The fourth-order valence-electron chi connectivity index (χ4n) is 4.61. The number of rotatable bonds is 14. The van der Waals surface area contributed by atoms with Crippen molar-refractivity contribution in [1.82, 2.24) is 4.90 Å². The van der Waals surface area contributed by atoms with E-state index in [1.165, 1.54) is 37.0 Å². The second-order valence-corrected chi connectivity index (χ2v) is 11.5. The molecular weight excluding hydrogens is 663 g/mol. The molecule has 0 saturated carbocycles. The number of alkyl halides is 3. The summed E-state index contributed by atoms with van der Waals surface area (Å²) in [6, 6.07) is 18.0. The minimum Gasteiger partial charge on any atom is -0.508 e. The maximum atomic E-state index is 13.3. The van der Waals surface area contributed by atoms with Crippen LogP contribution in [0.5, 0.6) is 11.5 Å². The highest BCUT2D eigenvalue weighted by molar-refractivity contribution is 5.74. The van der Waals surface area contributed by atoms with Crippen LogP contribution in [-0.4, -0.2) is 47.7 Å². The molecule has 0 radical (unpaired) electrons. The summed E-state index contributed by atoms with van der Waals surface area (Å²) in [5, 5.41) is 17.3. The Balaban J connectivity index is 0. The van der Waals surface area contributed by atoms with Crippen LogP contribution in [0.15, 0.2) is 98.1 Å². The summed E-state index contributed by atoms with van der Waals surface area (Å²) in [5.41, 5.74) is 3.08. The van der Waals surface area contributed by atoms with Crippen LogP contribution in [0, 0.1) is 0 Å². The number of phenolic OH excluding ortho intramolecular Hbond substituents is 1. The highest BCUT2D eigenvalue weighted by atomic mass is 19.4. The van der Waals surface area contributed by atoms with E-state index in [1.807, 2.05) is 88.2 Å². The van der Waals surface area contributed by atoms with Crippen LogP contribution in [0.4, 0.5) is 13.2 Å². The van der Waals surface area contributed by atoms with Crippen molar-refractivity contribution in [2.45, 2.75) is 106 Å². The van der Waals surface area contributed by atoms with E-state index >= 15 is 0 Å². The number of unbranched alkanes of at least 4 members (excludes halogenated alkanes) is 1. The Hall–Kier alpha value is -4.30. The number of aliphatic hydroxyl groups is 1. The first-order valence-electron chi connectivity index (χ1n) is 18.3. The van der Waals surface area contributed by atoms with Gasteiger partial charge < -0.3 is 19.8 Å². The predicted octanol–water partition coefficient (Wildman–Crippen LogP) is 12.3. The zero-order valence-corrected chi connectivity index (χ0v) is 33.0. The molecule has 3 aromatic carbocycles. The van der Waals surface area contributed by atoms with E-state index in [1.54, 1.807) is 19.1 Å². The van der Waals surface area contributed by atoms with E-state index < -0.39 is 11.7 Å². The molecule has 0 fully saturated rings. The largest absolute Gasteiger partial charge is 0.508 e. The normalized spacial score (nSPS) is 11.4. The molecular formula is C44H64F3NO4. The molecule has 0 aliphatic carbocycles. The minimum atomic E-state index is -4.46. The second-order valence-electron chi connectivity index (χ2n) is 11.5. The predicted molar refractivity (Wildman–Crippen MR) is 214 cm³/mol. The molecule has 0 heterocycles. The van der Waals surface area contributed by atoms with E-state index in [4.69, 9.17) is 9.84 Å². The molecule has 2 atom stereocenters. The van der Waals surface area contributed by atoms with Gasteiger partial charge >= 0.3 is 6.18 Å². The number of aryl methyl sites for hydroxylation is 1. The number of benzene rings is 3. The maximum Gasteiger partial charge on any atom is 0.416 e. The Kier molecular flexibility index (Phi) is 28.1. The number of ether oxygens (including phenoxy) is 1. The molecule has 3 rings (SSSR count). The van der Waals surface area contributed by atoms with E-state index in [0.29, 0.717) is 23.6 Å². The van der Waals surface area contributed by atoms with Gasteiger partial charge in [-0.05, 0) is 67.6 Å². The van der Waals surface area contributed by atoms with Crippen LogP contribution >= 0.6 is 0 Å². The maximum absolute atomic E-state index is 13.3. The van der Waals surface area contributed by atoms with Crippen molar-refractivity contribution in [2.24, 2.45) is 0 Å². The highest BCUT2D eigenvalue weighted by Crippen LogP contribution is 2.37. The first-order valence-corrected chi connectivity index (χ1v) is 18.3. The molecule has 290 valence electrons. The van der Waals surface area contributed by atoms with Gasteiger partial charge in [-0.3, -0.25) is 4.79 Å². The first kappa shape index (κ1) is 49.8. The van der Waals surface area contributed by atoms with E-state index in [9.17, 15) is 23.1 Å². The lowest BCUT2D eigenvalue weighted by atomic mass is 9.91. The highest BCUT2D eigenvalue weighted by Gasteiger charge is 2.32. The van der Waals surface area contributed by atoms with Gasteiger partial charge in [0.15, 0.2) is 0 Å². The summed E-state index contributed by atoms with van der Waals surface area (Å²) < 4.78 is 45.6. The second kappa shape index (κ2) is 29.3. The summed E-state index contributed by atoms with van der Waals surface area (Å²) in [5.74, 6) is 0.536. The van der Waals surface area contributed by atoms with Crippen LogP contribution < -0.4 is 4.74 Å². The van der Waals surface area contributed by atoms with Crippen molar-refractivity contribution in [3.63, 3.8) is 0 Å². The van der Waals surface area contributed by atoms with Crippen LogP contribution in [0.25, 0.3) is 5.70 Å². The average Bonchev–Trinajstić information content (AvgIpc) is 3.15. The molecule has 8 heteroatoms. The number of carbonyl (C=O) groups is 1. The minimum absolute atomic E-state index is 0.00788. The van der Waals surface area contributed by atoms with Crippen LogP contribution in [0.1, 0.15) is 120 Å². The van der Waals surface area contributed by atoms with Crippen molar-refractivity contribution in [2.75, 3.05) is 20.3 Å². The molecule has 2 N–H and O–H groups in total. The molecule has 0 saturated heterocycles. The quantitative estimate of drug-likeness (QED) is 0.128. The third-order valence-corrected chi connectivity index (χ3v) is 7.35. The van der Waals surface area contributed by atoms with Crippen LogP contribution in [0.3, 0.4) is 0 Å². The van der Waals surface area contributed by atoms with Gasteiger partial charge in [-0.25, -0.2) is 0 Å². The third kappa shape index (κ3) is 19.3. The summed E-state index contributed by atoms with van der Waals surface area (Å²) >= 11 is 0. The SMILES string of the molecule is C=C(c1cc(C(F)(F)F)ccc1OCC)N(C)C(/C=C/CC)C(C)c1ccc(O)cc1.C=CCO.CC.CCC.CCCCc1ccc(C=O)cc1. The summed E-state index contributed by atoms with van der Waals surface area (Å²) in [6.07, 6.45) is 7.55. The van der Waals surface area contributed by atoms with Gasteiger partial charge in [0.2, 0.25) is 0 Å². The Labute approximate surface area is 312 Å². The molecule has 0 aliphatic rings. The molecule has 2 unspecified atom stereocenters. The van der Waals surface area contributed by atoms with Crippen molar-refractivity contribution in [3.05, 3.63) is 126 Å². The fraction of sp³-hybridized carbons (Fsp3) is 0.432. The summed E-state index contributed by atoms with van der Waals surface area (Å²) in [4.78, 5) is 12.2. The van der Waals surface area contributed by atoms with Crippen LogP contribution in [-0.2, 0) is 12.6 Å². The number of allylic oxidation sites excluding steroid dienone is 1. The number of aromatic hydroxyl groups is 1. The number of halogens is 3. The topological polar surface area (TPSA) is 70.0 Å². The van der Waals surface area contributed by atoms with Gasteiger partial charge in [-0.15, -0.1) is 6.58 Å². The van der Waals surface area contributed by atoms with Crippen molar-refractivity contribution in [1.29, 1.82) is 0 Å². The Morgan fingerprint density at radius 2 is 1.52 bits per heavy atom. The molecule has 0 aliphatic heterocycles. The van der Waals surface area contributed by atoms with E-state index in [0.717, 1.165) is 42.4 Å². The molecule has 5 nitrogen and oxygen atoms in total. The number of hydrogen-bond acceptors (Lipinski definition) is 5. The fourth-order valence-corrected chi connectivity index (χ4v) is 4.61. The molecule has 0 aromatic heterocycles. The molecule has 0 spiro atoms. The van der Waals surface area contributed by atoms with Gasteiger partial charge in [0.25, 0.3) is 0 Å². The third-order valence-electron chi connectivity index (χ3n) is 7.35. The monoisotopic (exact) mass is 727 g/mol. The number of likely N-dealkylation sites (N-methyl/N-ethyl adjacent to an activating group) is 1. The zero-order valence-electron chi connectivity index (χ0n) is 33.0. The summed E-state index contributed by atoms with van der Waals surface area (Å²) in [6.45, 7) is 24.0. The lowest BCUT2D eigenvalue weighted by Crippen LogP contribution is -2.33. The Morgan fingerprint density at radius 1 is 0.962 bits per heavy atom. The van der Waals surface area contributed by atoms with Crippen molar-refractivity contribution in [3.8, 4) is 11.5 Å². The van der Waals surface area contributed by atoms with Crippen molar-refractivity contribution >= 4 is 12.0 Å². The van der Waals surface area contributed by atoms with E-state index in [-0.39, 0.29) is 24.3 Å². The summed E-state index contributed by atoms with van der Waals surface area (Å²) in [7, 11) is 1.82. The van der Waals surface area contributed by atoms with Gasteiger partial charge in [-0.1, -0.05) is 123 Å². The lowest BCUT2D eigenvalue weighted by Gasteiger charge is -2.35. The van der Waals surface area contributed by atoms with E-state index in [2.05, 4.69) is 33.9 Å². The van der Waals surface area contributed by atoms with Gasteiger partial charge in [0, 0.05) is 29.8 Å². The molecule has 52 heavy (non-hydrogen) atoms. The average molecular weight is 728 g/mol. The molecule has 0 bridgehead atoms. The molecule has 0 amide bonds. The standard InChI is InChI=1S/C25H30F3NO2.C11H14O.C3H6O.C3H8.C2H6/c1-6-8-9-23(17(3)19-10-13-21(30)14-11-19)29(5)18(4)22-16-20(25(26,27)28)12-15-24(22)31-7-2;1-2-3-4-10-5-7-11(9-12)8-6-10;1-2-3-4;1-3-2;1-2/h8-17,23,30H,4,6-7H2,1-3,5H3;5-9H,2-4H2,1H3;2,4H,1,3H2;3H2,1-2H3;1-2H3/b9-8+;;;;. The van der Waals surface area contributed by atoms with Gasteiger partial charge in [0.05, 0.1) is 24.8 Å². The number of phenols is 1. The lowest BCUT2D eigenvalue weighted by molar-refractivity contribution is -0.137. The van der Waals surface area contributed by atoms with Gasteiger partial charge in [0.1, 0.15) is 17.8 Å². The molecule has 3 aromatic rings. The Bertz CT molecular complexity index is 1400. The number of carbonyl (C=O) groups excluding carboxylic acids is 1. The smallest absolute Gasteiger partial charge is 0.416 e. The number of nitrogens with zero attached hydrogens (tertiary/aromatic N) is 1. The number of aliphatic hydroxyl groups excluding tert-OH is 1. The first-order chi connectivity index (χ1) is 24.8. The number of aldehydes is 1. The van der Waals surface area contributed by atoms with Crippen molar-refractivity contribution < 1.29 is 32.9 Å². The number of hydrogen-bond donors (Lipinski definition) is 2.